The predicted octanol–water partition coefficient (Wildman–Crippen LogP) is 5.87. The lowest BCUT2D eigenvalue weighted by molar-refractivity contribution is -0.197. The molecule has 3 rings (SSSR count). The van der Waals surface area contributed by atoms with Crippen LogP contribution in [0.3, 0.4) is 0 Å². The zero-order chi connectivity index (χ0) is 25.8. The van der Waals surface area contributed by atoms with E-state index in [-0.39, 0.29) is 18.5 Å². The van der Waals surface area contributed by atoms with Gasteiger partial charge in [-0.25, -0.2) is 4.98 Å². The first kappa shape index (κ1) is 28.4. The van der Waals surface area contributed by atoms with Crippen LogP contribution in [0, 0.1) is 0 Å². The Morgan fingerprint density at radius 3 is 2.47 bits per heavy atom. The van der Waals surface area contributed by atoms with Crippen LogP contribution in [0.1, 0.15) is 50.7 Å². The van der Waals surface area contributed by atoms with Crippen molar-refractivity contribution in [2.45, 2.75) is 76.7 Å². The number of hydrogen-bond donors (Lipinski definition) is 1. The molecule has 9 heteroatoms. The monoisotopic (exact) mass is 510 g/mol. The molecule has 0 unspecified atom stereocenters. The maximum Gasteiger partial charge on any atom is 0.416 e. The number of pyridine rings is 1. The number of halogens is 3. The summed E-state index contributed by atoms with van der Waals surface area (Å²) in [6, 6.07) is 11.2. The molecule has 0 saturated carbocycles. The standard InChI is InChI=1S/C27H37F3N2O4/c1-3-5-14-33-19-23-26(34-15-6-4-2)25(36-17-20-10-8-7-9-11-20)22(18-35-23)32-24-16-21(12-13-31-24)27(28,29)30/h7-13,16,22-23,25-26H,3-6,14-15,17-19H2,1-2H3,(H,31,32)/t22-,23+,25+,26-/m0/s1. The third-order valence-corrected chi connectivity index (χ3v) is 6.02. The van der Waals surface area contributed by atoms with Gasteiger partial charge in [0.25, 0.3) is 0 Å². The Bertz CT molecular complexity index is 885. The molecular formula is C27H37F3N2O4. The highest BCUT2D eigenvalue weighted by atomic mass is 19.4. The molecule has 0 amide bonds. The Kier molecular flexibility index (Phi) is 11.4. The second kappa shape index (κ2) is 14.5. The highest BCUT2D eigenvalue weighted by Crippen LogP contribution is 2.31. The third kappa shape index (κ3) is 8.73. The number of unbranched alkanes of at least 4 members (excludes halogenated alkanes) is 2. The maximum atomic E-state index is 13.3. The van der Waals surface area contributed by atoms with Crippen molar-refractivity contribution in [3.8, 4) is 0 Å². The van der Waals surface area contributed by atoms with Crippen molar-refractivity contribution in [3.63, 3.8) is 0 Å². The van der Waals surface area contributed by atoms with Gasteiger partial charge in [0, 0.05) is 19.4 Å². The molecule has 1 saturated heterocycles. The smallest absolute Gasteiger partial charge is 0.379 e. The van der Waals surface area contributed by atoms with E-state index in [2.05, 4.69) is 24.1 Å². The van der Waals surface area contributed by atoms with Crippen LogP contribution < -0.4 is 5.32 Å². The van der Waals surface area contributed by atoms with Gasteiger partial charge in [-0.3, -0.25) is 0 Å². The van der Waals surface area contributed by atoms with Gasteiger partial charge < -0.3 is 24.3 Å². The first-order chi connectivity index (χ1) is 17.4. The Morgan fingerprint density at radius 1 is 1.00 bits per heavy atom. The fourth-order valence-corrected chi connectivity index (χ4v) is 3.99. The van der Waals surface area contributed by atoms with E-state index in [0.717, 1.165) is 49.6 Å². The predicted molar refractivity (Wildman–Crippen MR) is 132 cm³/mol. The molecule has 2 heterocycles. The summed E-state index contributed by atoms with van der Waals surface area (Å²) < 4.78 is 64.4. The molecule has 6 nitrogen and oxygen atoms in total. The lowest BCUT2D eigenvalue weighted by Crippen LogP contribution is -2.59. The van der Waals surface area contributed by atoms with E-state index < -0.39 is 30.0 Å². The largest absolute Gasteiger partial charge is 0.416 e. The van der Waals surface area contributed by atoms with Crippen LogP contribution in [-0.2, 0) is 31.7 Å². The van der Waals surface area contributed by atoms with Gasteiger partial charge in [-0.15, -0.1) is 0 Å². The summed E-state index contributed by atoms with van der Waals surface area (Å²) in [4.78, 5) is 4.10. The summed E-state index contributed by atoms with van der Waals surface area (Å²) >= 11 is 0. The molecule has 1 aliphatic heterocycles. The quantitative estimate of drug-likeness (QED) is 0.321. The number of hydrogen-bond acceptors (Lipinski definition) is 6. The number of rotatable bonds is 14. The minimum atomic E-state index is -4.46. The van der Waals surface area contributed by atoms with Crippen LogP contribution >= 0.6 is 0 Å². The number of ether oxygens (including phenoxy) is 4. The van der Waals surface area contributed by atoms with Crippen molar-refractivity contribution in [2.24, 2.45) is 0 Å². The first-order valence-electron chi connectivity index (χ1n) is 12.7. The number of nitrogens with zero attached hydrogens (tertiary/aromatic N) is 1. The average molecular weight is 511 g/mol. The highest BCUT2D eigenvalue weighted by Gasteiger charge is 2.43. The Labute approximate surface area is 211 Å². The molecule has 1 fully saturated rings. The summed E-state index contributed by atoms with van der Waals surface area (Å²) in [6.07, 6.45) is -0.798. The number of aromatic nitrogens is 1. The van der Waals surface area contributed by atoms with E-state index in [1.807, 2.05) is 30.3 Å². The maximum absolute atomic E-state index is 13.3. The van der Waals surface area contributed by atoms with Crippen molar-refractivity contribution in [2.75, 3.05) is 31.7 Å². The van der Waals surface area contributed by atoms with E-state index in [1.165, 1.54) is 0 Å². The Morgan fingerprint density at radius 2 is 1.75 bits per heavy atom. The van der Waals surface area contributed by atoms with Gasteiger partial charge in [-0.2, -0.15) is 13.2 Å². The van der Waals surface area contributed by atoms with Crippen molar-refractivity contribution in [1.29, 1.82) is 0 Å². The fraction of sp³-hybridized carbons (Fsp3) is 0.593. The molecule has 1 aromatic carbocycles. The molecule has 0 bridgehead atoms. The van der Waals surface area contributed by atoms with Crippen LogP contribution in [-0.4, -0.2) is 55.8 Å². The normalized spacial score (nSPS) is 22.5. The van der Waals surface area contributed by atoms with Crippen molar-refractivity contribution < 1.29 is 32.1 Å². The summed E-state index contributed by atoms with van der Waals surface area (Å²) in [7, 11) is 0. The first-order valence-corrected chi connectivity index (χ1v) is 12.7. The van der Waals surface area contributed by atoms with Crippen LogP contribution in [0.2, 0.25) is 0 Å². The molecule has 1 aliphatic rings. The van der Waals surface area contributed by atoms with Crippen molar-refractivity contribution in [3.05, 3.63) is 59.8 Å². The minimum Gasteiger partial charge on any atom is -0.379 e. The summed E-state index contributed by atoms with van der Waals surface area (Å²) in [5.74, 6) is 0.108. The van der Waals surface area contributed by atoms with Gasteiger partial charge >= 0.3 is 6.18 Å². The lowest BCUT2D eigenvalue weighted by atomic mass is 9.97. The van der Waals surface area contributed by atoms with E-state index in [9.17, 15) is 13.2 Å². The SMILES string of the molecule is CCCCOC[C@H]1OC[C@H](Nc2cc(C(F)(F)F)ccn2)[C@@H](OCc2ccccc2)[C@H]1OCCCC. The van der Waals surface area contributed by atoms with Gasteiger partial charge in [-0.1, -0.05) is 57.0 Å². The second-order valence-electron chi connectivity index (χ2n) is 8.93. The van der Waals surface area contributed by atoms with E-state index in [4.69, 9.17) is 18.9 Å². The van der Waals surface area contributed by atoms with Gasteiger partial charge in [-0.05, 0) is 30.5 Å². The van der Waals surface area contributed by atoms with E-state index in [1.54, 1.807) is 0 Å². The summed E-state index contributed by atoms with van der Waals surface area (Å²) in [5, 5.41) is 3.12. The number of nitrogens with one attached hydrogen (secondary N) is 1. The zero-order valence-electron chi connectivity index (χ0n) is 21.0. The molecule has 0 radical (unpaired) electrons. The molecule has 0 spiro atoms. The third-order valence-electron chi connectivity index (χ3n) is 6.02. The van der Waals surface area contributed by atoms with E-state index in [0.29, 0.717) is 26.4 Å². The fourth-order valence-electron chi connectivity index (χ4n) is 3.99. The molecule has 200 valence electrons. The zero-order valence-corrected chi connectivity index (χ0v) is 21.0. The van der Waals surface area contributed by atoms with Gasteiger partial charge in [0.2, 0.25) is 0 Å². The molecule has 1 aromatic heterocycles. The second-order valence-corrected chi connectivity index (χ2v) is 8.93. The molecule has 36 heavy (non-hydrogen) atoms. The van der Waals surface area contributed by atoms with E-state index >= 15 is 0 Å². The number of anilines is 1. The van der Waals surface area contributed by atoms with Crippen molar-refractivity contribution in [1.82, 2.24) is 4.98 Å². The Hall–Kier alpha value is -2.20. The minimum absolute atomic E-state index is 0.108. The lowest BCUT2D eigenvalue weighted by Gasteiger charge is -2.42. The molecule has 4 atom stereocenters. The van der Waals surface area contributed by atoms with Crippen LogP contribution in [0.25, 0.3) is 0 Å². The molecular weight excluding hydrogens is 473 g/mol. The number of benzene rings is 1. The van der Waals surface area contributed by atoms with Crippen LogP contribution in [0.15, 0.2) is 48.7 Å². The Balaban J connectivity index is 1.81. The average Bonchev–Trinajstić information content (AvgIpc) is 2.87. The topological polar surface area (TPSA) is 61.8 Å². The molecule has 2 aromatic rings. The van der Waals surface area contributed by atoms with Crippen LogP contribution in [0.5, 0.6) is 0 Å². The van der Waals surface area contributed by atoms with Gasteiger partial charge in [0.1, 0.15) is 24.1 Å². The highest BCUT2D eigenvalue weighted by molar-refractivity contribution is 5.40. The summed E-state index contributed by atoms with van der Waals surface area (Å²) in [5.41, 5.74) is 0.222. The van der Waals surface area contributed by atoms with Gasteiger partial charge in [0.05, 0.1) is 31.4 Å². The van der Waals surface area contributed by atoms with Crippen LogP contribution in [0.4, 0.5) is 19.0 Å². The van der Waals surface area contributed by atoms with Gasteiger partial charge in [0.15, 0.2) is 0 Å². The number of alkyl halides is 3. The summed E-state index contributed by atoms with van der Waals surface area (Å²) in [6.45, 7) is 6.24. The van der Waals surface area contributed by atoms with Crippen molar-refractivity contribution >= 4 is 5.82 Å². The molecule has 0 aliphatic carbocycles. The molecule has 1 N–H and O–H groups in total.